The van der Waals surface area contributed by atoms with Gasteiger partial charge in [0.25, 0.3) is 0 Å². The minimum absolute atomic E-state index is 0.315. The lowest BCUT2D eigenvalue weighted by Crippen LogP contribution is -2.34. The van der Waals surface area contributed by atoms with Crippen molar-refractivity contribution in [2.24, 2.45) is 17.6 Å². The van der Waals surface area contributed by atoms with E-state index in [0.29, 0.717) is 12.0 Å². The summed E-state index contributed by atoms with van der Waals surface area (Å²) in [7, 11) is 0. The van der Waals surface area contributed by atoms with Crippen LogP contribution in [-0.4, -0.2) is 30.1 Å². The second-order valence-electron chi connectivity index (χ2n) is 5.62. The van der Waals surface area contributed by atoms with Crippen LogP contribution in [0.1, 0.15) is 33.1 Å². The second kappa shape index (κ2) is 4.67. The molecule has 2 aliphatic carbocycles. The average Bonchev–Trinajstić information content (AvgIpc) is 2.90. The Morgan fingerprint density at radius 3 is 2.53 bits per heavy atom. The second-order valence-corrected chi connectivity index (χ2v) is 5.62. The molecule has 0 aromatic rings. The molecule has 1 saturated carbocycles. The Kier molecular flexibility index (Phi) is 3.47. The molecule has 0 aromatic carbocycles. The SMILES string of the molecule is CC(C)CN(CC1C=CC(N)C1)C1CC1. The molecule has 86 valence electrons. The van der Waals surface area contributed by atoms with Crippen LogP contribution in [0.3, 0.4) is 0 Å². The number of hydrogen-bond acceptors (Lipinski definition) is 2. The molecule has 2 N–H and O–H groups in total. The van der Waals surface area contributed by atoms with Crippen LogP contribution < -0.4 is 5.73 Å². The Morgan fingerprint density at radius 1 is 1.33 bits per heavy atom. The highest BCUT2D eigenvalue weighted by Crippen LogP contribution is 2.30. The number of nitrogens with two attached hydrogens (primary N) is 1. The molecule has 0 aromatic heterocycles. The van der Waals surface area contributed by atoms with Gasteiger partial charge in [-0.15, -0.1) is 0 Å². The summed E-state index contributed by atoms with van der Waals surface area (Å²) in [6.07, 6.45) is 8.47. The van der Waals surface area contributed by atoms with E-state index in [9.17, 15) is 0 Å². The first-order valence-corrected chi connectivity index (χ1v) is 6.33. The van der Waals surface area contributed by atoms with E-state index in [4.69, 9.17) is 5.73 Å². The van der Waals surface area contributed by atoms with Crippen LogP contribution in [0.5, 0.6) is 0 Å². The van der Waals surface area contributed by atoms with Gasteiger partial charge in [-0.2, -0.15) is 0 Å². The Hall–Kier alpha value is -0.340. The lowest BCUT2D eigenvalue weighted by Gasteiger charge is -2.26. The van der Waals surface area contributed by atoms with Crippen LogP contribution in [0.15, 0.2) is 12.2 Å². The van der Waals surface area contributed by atoms with Crippen LogP contribution in [0.4, 0.5) is 0 Å². The van der Waals surface area contributed by atoms with Gasteiger partial charge in [-0.3, -0.25) is 4.90 Å². The lowest BCUT2D eigenvalue weighted by molar-refractivity contribution is 0.211. The predicted octanol–water partition coefficient (Wildman–Crippen LogP) is 2.01. The normalized spacial score (nSPS) is 30.7. The highest BCUT2D eigenvalue weighted by atomic mass is 15.2. The standard InChI is InChI=1S/C13H24N2/c1-10(2)8-15(13-5-6-13)9-11-3-4-12(14)7-11/h3-4,10-13H,5-9,14H2,1-2H3. The molecular weight excluding hydrogens is 184 g/mol. The van der Waals surface area contributed by atoms with Crippen molar-refractivity contribution in [3.05, 3.63) is 12.2 Å². The van der Waals surface area contributed by atoms with Crippen molar-refractivity contribution >= 4 is 0 Å². The third-order valence-electron chi connectivity index (χ3n) is 3.34. The zero-order valence-corrected chi connectivity index (χ0v) is 10.0. The van der Waals surface area contributed by atoms with E-state index in [1.165, 1.54) is 25.9 Å². The minimum atomic E-state index is 0.315. The smallest absolute Gasteiger partial charge is 0.0229 e. The van der Waals surface area contributed by atoms with Gasteiger partial charge >= 0.3 is 0 Å². The molecule has 2 unspecified atom stereocenters. The maximum absolute atomic E-state index is 5.89. The molecule has 0 amide bonds. The maximum Gasteiger partial charge on any atom is 0.0229 e. The Labute approximate surface area is 93.5 Å². The molecule has 0 heterocycles. The highest BCUT2D eigenvalue weighted by Gasteiger charge is 2.31. The van der Waals surface area contributed by atoms with Crippen LogP contribution in [-0.2, 0) is 0 Å². The molecule has 0 radical (unpaired) electrons. The minimum Gasteiger partial charge on any atom is -0.324 e. The summed E-state index contributed by atoms with van der Waals surface area (Å²) in [6, 6.07) is 1.20. The molecule has 2 nitrogen and oxygen atoms in total. The van der Waals surface area contributed by atoms with E-state index >= 15 is 0 Å². The van der Waals surface area contributed by atoms with Gasteiger partial charge in [0.05, 0.1) is 0 Å². The van der Waals surface area contributed by atoms with E-state index in [-0.39, 0.29) is 0 Å². The summed E-state index contributed by atoms with van der Waals surface area (Å²) >= 11 is 0. The molecule has 0 bridgehead atoms. The van der Waals surface area contributed by atoms with Gasteiger partial charge in [-0.25, -0.2) is 0 Å². The van der Waals surface area contributed by atoms with Gasteiger partial charge in [-0.1, -0.05) is 26.0 Å². The Bertz CT molecular complexity index is 231. The Balaban J connectivity index is 1.81. The van der Waals surface area contributed by atoms with Gasteiger partial charge < -0.3 is 5.73 Å². The van der Waals surface area contributed by atoms with Crippen LogP contribution in [0, 0.1) is 11.8 Å². The lowest BCUT2D eigenvalue weighted by atomic mass is 10.1. The topological polar surface area (TPSA) is 29.3 Å². The van der Waals surface area contributed by atoms with Crippen molar-refractivity contribution in [2.75, 3.05) is 13.1 Å². The maximum atomic E-state index is 5.89. The van der Waals surface area contributed by atoms with Gasteiger partial charge in [0, 0.05) is 25.2 Å². The average molecular weight is 208 g/mol. The molecule has 0 spiro atoms. The van der Waals surface area contributed by atoms with Crippen molar-refractivity contribution in [1.29, 1.82) is 0 Å². The third-order valence-corrected chi connectivity index (χ3v) is 3.34. The number of hydrogen-bond donors (Lipinski definition) is 1. The van der Waals surface area contributed by atoms with Crippen molar-refractivity contribution in [3.63, 3.8) is 0 Å². The van der Waals surface area contributed by atoms with Gasteiger partial charge in [0.2, 0.25) is 0 Å². The molecule has 2 aliphatic rings. The number of nitrogens with zero attached hydrogens (tertiary/aromatic N) is 1. The molecule has 0 saturated heterocycles. The first-order valence-electron chi connectivity index (χ1n) is 6.33. The summed E-state index contributed by atoms with van der Waals surface area (Å²) < 4.78 is 0. The van der Waals surface area contributed by atoms with E-state index in [1.54, 1.807) is 0 Å². The fraction of sp³-hybridized carbons (Fsp3) is 0.846. The molecule has 1 fully saturated rings. The van der Waals surface area contributed by atoms with Crippen molar-refractivity contribution < 1.29 is 0 Å². The molecule has 2 atom stereocenters. The van der Waals surface area contributed by atoms with Gasteiger partial charge in [-0.05, 0) is 31.1 Å². The summed E-state index contributed by atoms with van der Waals surface area (Å²) in [5, 5.41) is 0. The first kappa shape index (κ1) is 11.2. The zero-order chi connectivity index (χ0) is 10.8. The van der Waals surface area contributed by atoms with E-state index in [1.807, 2.05) is 0 Å². The fourth-order valence-electron chi connectivity index (χ4n) is 2.52. The molecule has 2 heteroatoms. The van der Waals surface area contributed by atoms with E-state index in [2.05, 4.69) is 30.9 Å². The third kappa shape index (κ3) is 3.32. The Morgan fingerprint density at radius 2 is 2.07 bits per heavy atom. The van der Waals surface area contributed by atoms with Crippen molar-refractivity contribution in [1.82, 2.24) is 4.90 Å². The summed E-state index contributed by atoms with van der Waals surface area (Å²) in [4.78, 5) is 2.68. The largest absolute Gasteiger partial charge is 0.324 e. The van der Waals surface area contributed by atoms with Gasteiger partial charge in [0.1, 0.15) is 0 Å². The van der Waals surface area contributed by atoms with Crippen molar-refractivity contribution in [2.45, 2.75) is 45.2 Å². The van der Waals surface area contributed by atoms with Crippen molar-refractivity contribution in [3.8, 4) is 0 Å². The molecule has 15 heavy (non-hydrogen) atoms. The fourth-order valence-corrected chi connectivity index (χ4v) is 2.52. The zero-order valence-electron chi connectivity index (χ0n) is 10.0. The van der Waals surface area contributed by atoms with Crippen LogP contribution >= 0.6 is 0 Å². The molecule has 0 aliphatic heterocycles. The van der Waals surface area contributed by atoms with Gasteiger partial charge in [0.15, 0.2) is 0 Å². The van der Waals surface area contributed by atoms with Crippen LogP contribution in [0.25, 0.3) is 0 Å². The van der Waals surface area contributed by atoms with Crippen LogP contribution in [0.2, 0.25) is 0 Å². The predicted molar refractivity (Wildman–Crippen MR) is 64.7 cm³/mol. The molecular formula is C13H24N2. The van der Waals surface area contributed by atoms with E-state index in [0.717, 1.165) is 18.4 Å². The highest BCUT2D eigenvalue weighted by molar-refractivity contribution is 5.06. The molecule has 2 rings (SSSR count). The summed E-state index contributed by atoms with van der Waals surface area (Å²) in [6.45, 7) is 7.11. The first-order chi connectivity index (χ1) is 7.15. The number of rotatable bonds is 5. The quantitative estimate of drug-likeness (QED) is 0.700. The monoisotopic (exact) mass is 208 g/mol. The summed E-state index contributed by atoms with van der Waals surface area (Å²) in [5.41, 5.74) is 5.89. The van der Waals surface area contributed by atoms with E-state index < -0.39 is 0 Å². The summed E-state index contributed by atoms with van der Waals surface area (Å²) in [5.74, 6) is 1.49.